The first-order chi connectivity index (χ1) is 9.06. The number of halogens is 1. The molecule has 0 spiro atoms. The van der Waals surface area contributed by atoms with Gasteiger partial charge in [0.15, 0.2) is 0 Å². The summed E-state index contributed by atoms with van der Waals surface area (Å²) in [6.45, 7) is 8.16. The maximum Gasteiger partial charge on any atom is 0.223 e. The van der Waals surface area contributed by atoms with E-state index in [9.17, 15) is 4.79 Å². The second-order valence-corrected chi connectivity index (χ2v) is 5.68. The SMILES string of the molecule is Cc1cc(C)cc(C(C)NC(=O)C2CCNCC2)c1.Cl. The number of carbonyl (C=O) groups excluding carboxylic acids is 1. The molecule has 1 atom stereocenters. The largest absolute Gasteiger partial charge is 0.349 e. The molecule has 1 aliphatic heterocycles. The van der Waals surface area contributed by atoms with Crippen LogP contribution in [0.2, 0.25) is 0 Å². The molecule has 112 valence electrons. The quantitative estimate of drug-likeness (QED) is 0.900. The van der Waals surface area contributed by atoms with Crippen LogP contribution >= 0.6 is 12.4 Å². The molecule has 2 rings (SSSR count). The van der Waals surface area contributed by atoms with E-state index in [1.54, 1.807) is 0 Å². The third-order valence-corrected chi connectivity index (χ3v) is 3.81. The summed E-state index contributed by atoms with van der Waals surface area (Å²) in [5.41, 5.74) is 3.69. The van der Waals surface area contributed by atoms with Crippen molar-refractivity contribution < 1.29 is 4.79 Å². The number of hydrogen-bond donors (Lipinski definition) is 2. The minimum Gasteiger partial charge on any atom is -0.349 e. The van der Waals surface area contributed by atoms with Crippen LogP contribution in [0.3, 0.4) is 0 Å². The van der Waals surface area contributed by atoms with Crippen LogP contribution in [0, 0.1) is 19.8 Å². The second kappa shape index (κ2) is 7.65. The van der Waals surface area contributed by atoms with Gasteiger partial charge >= 0.3 is 0 Å². The van der Waals surface area contributed by atoms with Crippen LogP contribution in [0.1, 0.15) is 42.5 Å². The van der Waals surface area contributed by atoms with E-state index in [0.29, 0.717) is 0 Å². The lowest BCUT2D eigenvalue weighted by Crippen LogP contribution is -2.39. The third-order valence-electron chi connectivity index (χ3n) is 3.81. The number of amides is 1. The number of nitrogens with one attached hydrogen (secondary N) is 2. The molecule has 0 bridgehead atoms. The van der Waals surface area contributed by atoms with Gasteiger partial charge < -0.3 is 10.6 Å². The second-order valence-electron chi connectivity index (χ2n) is 5.68. The summed E-state index contributed by atoms with van der Waals surface area (Å²) in [5.74, 6) is 0.378. The summed E-state index contributed by atoms with van der Waals surface area (Å²) in [6, 6.07) is 6.55. The molecule has 1 unspecified atom stereocenters. The first kappa shape index (κ1) is 17.0. The fraction of sp³-hybridized carbons (Fsp3) is 0.562. The van der Waals surface area contributed by atoms with Crippen molar-refractivity contribution in [2.24, 2.45) is 5.92 Å². The monoisotopic (exact) mass is 296 g/mol. The van der Waals surface area contributed by atoms with Crippen LogP contribution < -0.4 is 10.6 Å². The van der Waals surface area contributed by atoms with Gasteiger partial charge in [-0.25, -0.2) is 0 Å². The number of aryl methyl sites for hydroxylation is 2. The highest BCUT2D eigenvalue weighted by Gasteiger charge is 2.22. The molecule has 3 nitrogen and oxygen atoms in total. The molecule has 1 aromatic rings. The van der Waals surface area contributed by atoms with Crippen LogP contribution in [0.5, 0.6) is 0 Å². The molecular weight excluding hydrogens is 272 g/mol. The number of benzene rings is 1. The average Bonchev–Trinajstić information content (AvgIpc) is 2.38. The number of piperidine rings is 1. The fourth-order valence-electron chi connectivity index (χ4n) is 2.76. The number of carbonyl (C=O) groups is 1. The third kappa shape index (κ3) is 4.50. The Hall–Kier alpha value is -1.06. The van der Waals surface area contributed by atoms with Crippen molar-refractivity contribution in [2.45, 2.75) is 39.7 Å². The lowest BCUT2D eigenvalue weighted by molar-refractivity contribution is -0.126. The Labute approximate surface area is 127 Å². The van der Waals surface area contributed by atoms with Gasteiger partial charge in [-0.1, -0.05) is 29.3 Å². The predicted octanol–water partition coefficient (Wildman–Crippen LogP) is 2.90. The van der Waals surface area contributed by atoms with Gasteiger partial charge in [-0.3, -0.25) is 4.79 Å². The minimum absolute atomic E-state index is 0. The highest BCUT2D eigenvalue weighted by atomic mass is 35.5. The Morgan fingerprint density at radius 2 is 1.75 bits per heavy atom. The van der Waals surface area contributed by atoms with Crippen LogP contribution in [0.15, 0.2) is 18.2 Å². The van der Waals surface area contributed by atoms with Gasteiger partial charge in [0.2, 0.25) is 5.91 Å². The van der Waals surface area contributed by atoms with E-state index in [-0.39, 0.29) is 30.3 Å². The normalized spacial score (nSPS) is 17.1. The molecule has 1 saturated heterocycles. The fourth-order valence-corrected chi connectivity index (χ4v) is 2.76. The van der Waals surface area contributed by atoms with Gasteiger partial charge in [0.05, 0.1) is 6.04 Å². The highest BCUT2D eigenvalue weighted by molar-refractivity contribution is 5.85. The molecular formula is C16H25ClN2O. The molecule has 1 heterocycles. The molecule has 2 N–H and O–H groups in total. The minimum atomic E-state index is 0. The summed E-state index contributed by atoms with van der Waals surface area (Å²) in [5, 5.41) is 6.44. The van der Waals surface area contributed by atoms with Crippen molar-refractivity contribution in [3.8, 4) is 0 Å². The Bertz CT molecular complexity index is 436. The molecule has 0 aromatic heterocycles. The van der Waals surface area contributed by atoms with Crippen molar-refractivity contribution in [1.29, 1.82) is 0 Å². The van der Waals surface area contributed by atoms with Crippen molar-refractivity contribution >= 4 is 18.3 Å². The Morgan fingerprint density at radius 3 is 2.30 bits per heavy atom. The van der Waals surface area contributed by atoms with E-state index < -0.39 is 0 Å². The van der Waals surface area contributed by atoms with Gasteiger partial charge in [-0.05, 0) is 52.3 Å². The lowest BCUT2D eigenvalue weighted by atomic mass is 9.96. The summed E-state index contributed by atoms with van der Waals surface area (Å²) in [6.07, 6.45) is 1.90. The van der Waals surface area contributed by atoms with Crippen molar-refractivity contribution in [3.05, 3.63) is 34.9 Å². The number of rotatable bonds is 3. The number of hydrogen-bond acceptors (Lipinski definition) is 2. The van der Waals surface area contributed by atoms with Crippen molar-refractivity contribution in [1.82, 2.24) is 10.6 Å². The van der Waals surface area contributed by atoms with Gasteiger partial charge in [0.25, 0.3) is 0 Å². The molecule has 4 heteroatoms. The zero-order valence-corrected chi connectivity index (χ0v) is 13.3. The van der Waals surface area contributed by atoms with Crippen LogP contribution in [-0.2, 0) is 4.79 Å². The van der Waals surface area contributed by atoms with Crippen LogP contribution in [-0.4, -0.2) is 19.0 Å². The van der Waals surface area contributed by atoms with Gasteiger partial charge in [-0.15, -0.1) is 12.4 Å². The summed E-state index contributed by atoms with van der Waals surface area (Å²) in [7, 11) is 0. The van der Waals surface area contributed by atoms with Crippen molar-refractivity contribution in [3.63, 3.8) is 0 Å². The van der Waals surface area contributed by atoms with E-state index in [4.69, 9.17) is 0 Å². The average molecular weight is 297 g/mol. The summed E-state index contributed by atoms with van der Waals surface area (Å²) >= 11 is 0. The van der Waals surface area contributed by atoms with Crippen LogP contribution in [0.25, 0.3) is 0 Å². The predicted molar refractivity (Wildman–Crippen MR) is 85.3 cm³/mol. The molecule has 1 aliphatic rings. The first-order valence-corrected chi connectivity index (χ1v) is 7.15. The molecule has 0 saturated carbocycles. The maximum atomic E-state index is 12.2. The Balaban J connectivity index is 0.00000200. The molecule has 1 aromatic carbocycles. The highest BCUT2D eigenvalue weighted by Crippen LogP contribution is 2.19. The topological polar surface area (TPSA) is 41.1 Å². The Morgan fingerprint density at radius 1 is 1.20 bits per heavy atom. The first-order valence-electron chi connectivity index (χ1n) is 7.15. The molecule has 1 amide bonds. The molecule has 0 radical (unpaired) electrons. The maximum absolute atomic E-state index is 12.2. The summed E-state index contributed by atoms with van der Waals surface area (Å²) in [4.78, 5) is 12.2. The van der Waals surface area contributed by atoms with Gasteiger partial charge in [-0.2, -0.15) is 0 Å². The smallest absolute Gasteiger partial charge is 0.223 e. The van der Waals surface area contributed by atoms with Crippen molar-refractivity contribution in [2.75, 3.05) is 13.1 Å². The zero-order valence-electron chi connectivity index (χ0n) is 12.5. The van der Waals surface area contributed by atoms with E-state index in [1.807, 2.05) is 0 Å². The molecule has 0 aliphatic carbocycles. The molecule has 1 fully saturated rings. The van der Waals surface area contributed by atoms with E-state index in [2.05, 4.69) is 49.6 Å². The zero-order chi connectivity index (χ0) is 13.8. The van der Waals surface area contributed by atoms with Gasteiger partial charge in [0, 0.05) is 5.92 Å². The summed E-state index contributed by atoms with van der Waals surface area (Å²) < 4.78 is 0. The van der Waals surface area contributed by atoms with E-state index >= 15 is 0 Å². The lowest BCUT2D eigenvalue weighted by Gasteiger charge is -2.24. The standard InChI is InChI=1S/C16H24N2O.ClH/c1-11-8-12(2)10-15(9-11)13(3)18-16(19)14-4-6-17-7-5-14;/h8-10,13-14,17H,4-7H2,1-3H3,(H,18,19);1H. The van der Waals surface area contributed by atoms with E-state index in [0.717, 1.165) is 25.9 Å². The Kier molecular flexibility index (Phi) is 6.50. The van der Waals surface area contributed by atoms with Gasteiger partial charge in [0.1, 0.15) is 0 Å². The molecule has 20 heavy (non-hydrogen) atoms. The van der Waals surface area contributed by atoms with Crippen LogP contribution in [0.4, 0.5) is 0 Å². The van der Waals surface area contributed by atoms with E-state index in [1.165, 1.54) is 16.7 Å².